The summed E-state index contributed by atoms with van der Waals surface area (Å²) in [6.45, 7) is 0. The molecule has 1 nitrogen and oxygen atoms in total. The molecule has 0 heterocycles. The molecule has 0 aromatic heterocycles. The highest BCUT2D eigenvalue weighted by Crippen LogP contribution is 2.33. The Labute approximate surface area is 57.0 Å². The molecular weight excluding hydrogens is 168 g/mol. The highest BCUT2D eigenvalue weighted by Gasteiger charge is 1.87. The van der Waals surface area contributed by atoms with Crippen molar-refractivity contribution in [1.82, 2.24) is 0 Å². The third kappa shape index (κ3) is 7.20. The molecule has 0 saturated heterocycles. The zero-order valence-electron chi connectivity index (χ0n) is 4.04. The third-order valence-corrected chi connectivity index (χ3v) is 6.67. The van der Waals surface area contributed by atoms with E-state index in [2.05, 4.69) is 0 Å². The van der Waals surface area contributed by atoms with Gasteiger partial charge < -0.3 is 0 Å². The molecule has 0 N–H and O–H groups in total. The van der Waals surface area contributed by atoms with Crippen LogP contribution in [0.1, 0.15) is 0 Å². The highest BCUT2D eigenvalue weighted by molar-refractivity contribution is 9.23. The van der Waals surface area contributed by atoms with Crippen LogP contribution in [0.25, 0.3) is 0 Å². The second-order valence-corrected chi connectivity index (χ2v) is 7.79. The van der Waals surface area contributed by atoms with Gasteiger partial charge in [-0.25, -0.2) is 4.21 Å². The Morgan fingerprint density at radius 1 is 1.57 bits per heavy atom. The predicted molar refractivity (Wildman–Crippen MR) is 42.8 cm³/mol. The Hall–Kier alpha value is 1.20. The van der Waals surface area contributed by atoms with E-state index in [9.17, 15) is 4.21 Å². The summed E-state index contributed by atoms with van der Waals surface area (Å²) in [6.07, 6.45) is 3.64. The molecule has 5 heteroatoms. The summed E-state index contributed by atoms with van der Waals surface area (Å²) in [7, 11) is 3.84. The molecule has 0 spiro atoms. The summed E-state index contributed by atoms with van der Waals surface area (Å²) in [5.41, 5.74) is 0. The minimum atomic E-state index is -0.707. The Bertz CT molecular complexity index is 62.7. The lowest BCUT2D eigenvalue weighted by atomic mass is 12.0. The molecule has 44 valence electrons. The molecule has 0 aliphatic rings. The van der Waals surface area contributed by atoms with E-state index < -0.39 is 9.83 Å². The molecule has 0 aliphatic carbocycles. The molecule has 0 fully saturated rings. The SMILES string of the molecule is CSSSS(C)=O. The van der Waals surface area contributed by atoms with Gasteiger partial charge in [0.05, 0.1) is 9.83 Å². The first-order valence-corrected chi connectivity index (χ1v) is 7.45. The lowest BCUT2D eigenvalue weighted by Gasteiger charge is -1.86. The molecule has 1 atom stereocenters. The van der Waals surface area contributed by atoms with Crippen LogP contribution in [0.5, 0.6) is 0 Å². The monoisotopic (exact) mass is 174 g/mol. The van der Waals surface area contributed by atoms with Crippen molar-refractivity contribution in [2.45, 2.75) is 0 Å². The molecule has 0 radical (unpaired) electrons. The minimum absolute atomic E-state index is 0.707. The van der Waals surface area contributed by atoms with Gasteiger partial charge in [0, 0.05) is 16.1 Å². The van der Waals surface area contributed by atoms with Gasteiger partial charge in [-0.15, -0.1) is 0 Å². The van der Waals surface area contributed by atoms with Gasteiger partial charge in [0.15, 0.2) is 0 Å². The van der Waals surface area contributed by atoms with Gasteiger partial charge in [-0.2, -0.15) is 0 Å². The Balaban J connectivity index is 2.82. The van der Waals surface area contributed by atoms with Crippen molar-refractivity contribution in [2.24, 2.45) is 0 Å². The van der Waals surface area contributed by atoms with Crippen LogP contribution in [0.4, 0.5) is 0 Å². The van der Waals surface area contributed by atoms with Gasteiger partial charge in [-0.3, -0.25) is 0 Å². The Kier molecular flexibility index (Phi) is 6.25. The molecule has 7 heavy (non-hydrogen) atoms. The lowest BCUT2D eigenvalue weighted by Crippen LogP contribution is -1.65. The molecule has 1 unspecified atom stereocenters. The summed E-state index contributed by atoms with van der Waals surface area (Å²) in [5, 5.41) is 0. The fourth-order valence-corrected chi connectivity index (χ4v) is 5.42. The summed E-state index contributed by atoms with van der Waals surface area (Å²) in [5.74, 6) is 0. The van der Waals surface area contributed by atoms with Crippen molar-refractivity contribution in [3.8, 4) is 0 Å². The van der Waals surface area contributed by atoms with E-state index in [1.54, 1.807) is 26.9 Å². The lowest BCUT2D eigenvalue weighted by molar-refractivity contribution is 0.695. The molecule has 0 amide bonds. The van der Waals surface area contributed by atoms with Crippen LogP contribution < -0.4 is 0 Å². The van der Waals surface area contributed by atoms with Gasteiger partial charge >= 0.3 is 0 Å². The van der Waals surface area contributed by atoms with E-state index >= 15 is 0 Å². The van der Waals surface area contributed by atoms with E-state index in [4.69, 9.17) is 0 Å². The minimum Gasteiger partial charge on any atom is -0.247 e. The van der Waals surface area contributed by atoms with Crippen molar-refractivity contribution in [3.63, 3.8) is 0 Å². The van der Waals surface area contributed by atoms with Crippen LogP contribution in [-0.2, 0) is 9.83 Å². The standard InChI is InChI=1S/C2H6OS4/c1-4-5-6-7(2)3/h1-2H3. The second-order valence-electron chi connectivity index (χ2n) is 0.704. The van der Waals surface area contributed by atoms with Crippen molar-refractivity contribution in [1.29, 1.82) is 0 Å². The van der Waals surface area contributed by atoms with Crippen LogP contribution in [-0.4, -0.2) is 16.7 Å². The van der Waals surface area contributed by atoms with Crippen LogP contribution in [0.2, 0.25) is 0 Å². The first-order valence-electron chi connectivity index (χ1n) is 1.48. The summed E-state index contributed by atoms with van der Waals surface area (Å²) < 4.78 is 10.2. The topological polar surface area (TPSA) is 17.1 Å². The third-order valence-electron chi connectivity index (χ3n) is 0.192. The maximum absolute atomic E-state index is 10.2. The molecular formula is C2H6OS4. The maximum Gasteiger partial charge on any atom is 0.0888 e. The molecule has 0 saturated carbocycles. The highest BCUT2D eigenvalue weighted by atomic mass is 33.7. The molecule has 0 bridgehead atoms. The van der Waals surface area contributed by atoms with Crippen molar-refractivity contribution in [2.75, 3.05) is 12.5 Å². The van der Waals surface area contributed by atoms with Gasteiger partial charge in [0.2, 0.25) is 0 Å². The quantitative estimate of drug-likeness (QED) is 0.608. The van der Waals surface area contributed by atoms with E-state index in [1.165, 1.54) is 9.83 Å². The Morgan fingerprint density at radius 3 is 2.29 bits per heavy atom. The van der Waals surface area contributed by atoms with E-state index in [1.807, 2.05) is 6.26 Å². The van der Waals surface area contributed by atoms with E-state index in [0.717, 1.165) is 0 Å². The largest absolute Gasteiger partial charge is 0.247 e. The number of hydrogen-bond acceptors (Lipinski definition) is 4. The van der Waals surface area contributed by atoms with Crippen LogP contribution in [0.3, 0.4) is 0 Å². The zero-order valence-corrected chi connectivity index (χ0v) is 7.31. The van der Waals surface area contributed by atoms with Crippen LogP contribution in [0, 0.1) is 0 Å². The molecule has 0 aromatic rings. The van der Waals surface area contributed by atoms with Gasteiger partial charge in [0.1, 0.15) is 0 Å². The Morgan fingerprint density at radius 2 is 2.14 bits per heavy atom. The van der Waals surface area contributed by atoms with E-state index in [-0.39, 0.29) is 0 Å². The molecule has 0 aliphatic heterocycles. The summed E-state index contributed by atoms with van der Waals surface area (Å²) in [6, 6.07) is 0. The van der Waals surface area contributed by atoms with Gasteiger partial charge in [-0.05, 0) is 16.1 Å². The second kappa shape index (κ2) is 5.34. The van der Waals surface area contributed by atoms with Gasteiger partial charge in [-0.1, -0.05) is 10.8 Å². The number of hydrogen-bond donors (Lipinski definition) is 0. The van der Waals surface area contributed by atoms with Crippen LogP contribution >= 0.6 is 30.4 Å². The van der Waals surface area contributed by atoms with Gasteiger partial charge in [0.25, 0.3) is 0 Å². The molecule has 0 rings (SSSR count). The normalized spacial score (nSPS) is 14.0. The van der Waals surface area contributed by atoms with E-state index in [0.29, 0.717) is 0 Å². The summed E-state index contributed by atoms with van der Waals surface area (Å²) in [4.78, 5) is 0. The average molecular weight is 174 g/mol. The zero-order chi connectivity index (χ0) is 5.70. The molecule has 0 aromatic carbocycles. The maximum atomic E-state index is 10.2. The first kappa shape index (κ1) is 8.20. The fraction of sp³-hybridized carbons (Fsp3) is 1.00. The first-order chi connectivity index (χ1) is 3.27. The average Bonchev–Trinajstić information content (AvgIpc) is 1.61. The number of rotatable bonds is 3. The van der Waals surface area contributed by atoms with Crippen LogP contribution in [0.15, 0.2) is 0 Å². The smallest absolute Gasteiger partial charge is 0.0888 e. The van der Waals surface area contributed by atoms with Crippen molar-refractivity contribution in [3.05, 3.63) is 0 Å². The summed E-state index contributed by atoms with van der Waals surface area (Å²) >= 11 is 0. The van der Waals surface area contributed by atoms with Crippen molar-refractivity contribution >= 4 is 40.3 Å². The van der Waals surface area contributed by atoms with Crippen molar-refractivity contribution < 1.29 is 4.21 Å². The fourth-order valence-electron chi connectivity index (χ4n) is 0.0669. The predicted octanol–water partition coefficient (Wildman–Crippen LogP) is 1.94.